The van der Waals surface area contributed by atoms with Crippen molar-refractivity contribution in [3.05, 3.63) is 112 Å². The number of hydrogen-bond acceptors (Lipinski definition) is 5. The van der Waals surface area contributed by atoms with E-state index in [1.165, 1.54) is 29.2 Å². The first-order chi connectivity index (χ1) is 14.5. The third-order valence-corrected chi connectivity index (χ3v) is 4.93. The van der Waals surface area contributed by atoms with E-state index in [0.717, 1.165) is 0 Å². The minimum Gasteiger partial charge on any atom is -0.507 e. The molecule has 1 aliphatic heterocycles. The van der Waals surface area contributed by atoms with Gasteiger partial charge in [0.1, 0.15) is 5.76 Å². The van der Waals surface area contributed by atoms with Gasteiger partial charge in [-0.3, -0.25) is 24.6 Å². The second kappa shape index (κ2) is 7.63. The van der Waals surface area contributed by atoms with Crippen molar-refractivity contribution in [2.45, 2.75) is 6.04 Å². The van der Waals surface area contributed by atoms with Gasteiger partial charge in [-0.1, -0.05) is 66.7 Å². The number of carbonyl (C=O) groups excluding carboxylic acids is 2. The molecule has 1 heterocycles. The van der Waals surface area contributed by atoms with Gasteiger partial charge in [-0.25, -0.2) is 0 Å². The molecule has 1 fully saturated rings. The molecule has 0 aliphatic carbocycles. The summed E-state index contributed by atoms with van der Waals surface area (Å²) in [6.45, 7) is 0. The van der Waals surface area contributed by atoms with E-state index in [-0.39, 0.29) is 22.7 Å². The lowest BCUT2D eigenvalue weighted by molar-refractivity contribution is -0.384. The Kier molecular flexibility index (Phi) is 4.85. The molecule has 4 rings (SSSR count). The molecule has 7 nitrogen and oxygen atoms in total. The largest absolute Gasteiger partial charge is 0.507 e. The van der Waals surface area contributed by atoms with Crippen LogP contribution in [0.1, 0.15) is 17.2 Å². The molecule has 30 heavy (non-hydrogen) atoms. The standard InChI is InChI=1S/C23H16N2O5/c26-21(16-10-5-2-6-11-16)19-20(15-8-3-1-4-9-15)24(23(28)22(19)27)17-12-7-13-18(14-17)25(29)30/h1-14,20,26H. The van der Waals surface area contributed by atoms with Gasteiger partial charge in [0, 0.05) is 17.7 Å². The van der Waals surface area contributed by atoms with E-state index in [0.29, 0.717) is 11.1 Å². The van der Waals surface area contributed by atoms with Crippen molar-refractivity contribution in [1.29, 1.82) is 0 Å². The molecule has 1 atom stereocenters. The van der Waals surface area contributed by atoms with Gasteiger partial charge >= 0.3 is 0 Å². The maximum Gasteiger partial charge on any atom is 0.300 e. The van der Waals surface area contributed by atoms with E-state index < -0.39 is 22.7 Å². The first-order valence-corrected chi connectivity index (χ1v) is 9.15. The fourth-order valence-corrected chi connectivity index (χ4v) is 3.56. The molecular formula is C23H16N2O5. The van der Waals surface area contributed by atoms with Crippen molar-refractivity contribution in [2.24, 2.45) is 0 Å². The minimum absolute atomic E-state index is 0.0658. The van der Waals surface area contributed by atoms with Crippen LogP contribution < -0.4 is 4.90 Å². The number of aliphatic hydroxyl groups is 1. The zero-order valence-corrected chi connectivity index (χ0v) is 15.6. The number of non-ortho nitro benzene ring substituents is 1. The van der Waals surface area contributed by atoms with Crippen molar-refractivity contribution in [3.63, 3.8) is 0 Å². The van der Waals surface area contributed by atoms with Crippen LogP contribution in [0, 0.1) is 10.1 Å². The molecule has 0 aromatic heterocycles. The van der Waals surface area contributed by atoms with Gasteiger partial charge in [-0.2, -0.15) is 0 Å². The third-order valence-electron chi connectivity index (χ3n) is 4.93. The van der Waals surface area contributed by atoms with Crippen molar-refractivity contribution in [2.75, 3.05) is 4.90 Å². The number of benzene rings is 3. The number of nitrogens with zero attached hydrogens (tertiary/aromatic N) is 2. The second-order valence-corrected chi connectivity index (χ2v) is 6.72. The lowest BCUT2D eigenvalue weighted by Gasteiger charge is -2.25. The topological polar surface area (TPSA) is 101 Å². The number of carbonyl (C=O) groups is 2. The van der Waals surface area contributed by atoms with E-state index in [1.807, 2.05) is 0 Å². The highest BCUT2D eigenvalue weighted by Crippen LogP contribution is 2.42. The summed E-state index contributed by atoms with van der Waals surface area (Å²) >= 11 is 0. The summed E-state index contributed by atoms with van der Waals surface area (Å²) in [5.41, 5.74) is 0.927. The summed E-state index contributed by atoms with van der Waals surface area (Å²) in [5, 5.41) is 22.1. The van der Waals surface area contributed by atoms with Gasteiger partial charge in [0.15, 0.2) is 0 Å². The van der Waals surface area contributed by atoms with Crippen LogP contribution >= 0.6 is 0 Å². The highest BCUT2D eigenvalue weighted by Gasteiger charge is 2.47. The highest BCUT2D eigenvalue weighted by molar-refractivity contribution is 6.51. The van der Waals surface area contributed by atoms with E-state index >= 15 is 0 Å². The zero-order valence-electron chi connectivity index (χ0n) is 15.6. The predicted molar refractivity (Wildman–Crippen MR) is 111 cm³/mol. The lowest BCUT2D eigenvalue weighted by atomic mass is 9.95. The Morgan fingerprint density at radius 1 is 0.900 bits per heavy atom. The number of nitro groups is 1. The highest BCUT2D eigenvalue weighted by atomic mass is 16.6. The molecule has 1 aliphatic rings. The zero-order chi connectivity index (χ0) is 21.3. The van der Waals surface area contributed by atoms with Crippen molar-refractivity contribution in [3.8, 4) is 0 Å². The Balaban J connectivity index is 1.95. The minimum atomic E-state index is -0.923. The number of aliphatic hydroxyl groups excluding tert-OH is 1. The average molecular weight is 400 g/mol. The molecule has 0 saturated carbocycles. The maximum atomic E-state index is 13.0. The molecule has 0 spiro atoms. The number of anilines is 1. The summed E-state index contributed by atoms with van der Waals surface area (Å²) in [6, 6.07) is 21.8. The molecule has 0 bridgehead atoms. The second-order valence-electron chi connectivity index (χ2n) is 6.72. The number of amides is 1. The van der Waals surface area contributed by atoms with Crippen LogP contribution in [-0.4, -0.2) is 21.7 Å². The van der Waals surface area contributed by atoms with E-state index in [2.05, 4.69) is 0 Å². The summed E-state index contributed by atoms with van der Waals surface area (Å²) in [6.07, 6.45) is 0. The monoisotopic (exact) mass is 400 g/mol. The molecule has 148 valence electrons. The molecule has 1 N–H and O–H groups in total. The number of hydrogen-bond donors (Lipinski definition) is 1. The Morgan fingerprint density at radius 3 is 2.17 bits per heavy atom. The SMILES string of the molecule is O=C1C(=O)N(c2cccc([N+](=O)[O-])c2)C(c2ccccc2)C1=C(O)c1ccccc1. The lowest BCUT2D eigenvalue weighted by Crippen LogP contribution is -2.29. The normalized spacial score (nSPS) is 17.9. The van der Waals surface area contributed by atoms with Crippen LogP contribution in [0.5, 0.6) is 0 Å². The van der Waals surface area contributed by atoms with Crippen LogP contribution in [0.15, 0.2) is 90.5 Å². The van der Waals surface area contributed by atoms with Gasteiger partial charge < -0.3 is 5.11 Å². The molecule has 7 heteroatoms. The van der Waals surface area contributed by atoms with Gasteiger partial charge in [0.2, 0.25) is 0 Å². The van der Waals surface area contributed by atoms with Crippen molar-refractivity contribution >= 4 is 28.8 Å². The number of rotatable bonds is 4. The van der Waals surface area contributed by atoms with E-state index in [9.17, 15) is 24.8 Å². The van der Waals surface area contributed by atoms with E-state index in [1.54, 1.807) is 60.7 Å². The summed E-state index contributed by atoms with van der Waals surface area (Å²) in [5.74, 6) is -2.01. The summed E-state index contributed by atoms with van der Waals surface area (Å²) in [7, 11) is 0. The fraction of sp³-hybridized carbons (Fsp3) is 0.0435. The Hall–Kier alpha value is -4.26. The number of Topliss-reactive ketones (excluding diaryl/α,β-unsaturated/α-hetero) is 1. The Morgan fingerprint density at radius 2 is 1.53 bits per heavy atom. The van der Waals surface area contributed by atoms with Gasteiger partial charge in [0.25, 0.3) is 17.4 Å². The molecular weight excluding hydrogens is 384 g/mol. The van der Waals surface area contributed by atoms with Crippen LogP contribution in [0.3, 0.4) is 0 Å². The average Bonchev–Trinajstić information content (AvgIpc) is 3.05. The predicted octanol–water partition coefficient (Wildman–Crippen LogP) is 4.22. The molecule has 0 radical (unpaired) electrons. The van der Waals surface area contributed by atoms with Crippen LogP contribution in [0.2, 0.25) is 0 Å². The Labute approximate surface area is 171 Å². The first kappa shape index (κ1) is 19.1. The summed E-state index contributed by atoms with van der Waals surface area (Å²) in [4.78, 5) is 37.8. The van der Waals surface area contributed by atoms with Crippen LogP contribution in [-0.2, 0) is 9.59 Å². The molecule has 3 aromatic carbocycles. The van der Waals surface area contributed by atoms with Gasteiger partial charge in [-0.05, 0) is 11.6 Å². The van der Waals surface area contributed by atoms with Crippen molar-refractivity contribution in [1.82, 2.24) is 0 Å². The first-order valence-electron chi connectivity index (χ1n) is 9.15. The molecule has 1 saturated heterocycles. The molecule has 3 aromatic rings. The Bertz CT molecular complexity index is 1170. The van der Waals surface area contributed by atoms with Crippen molar-refractivity contribution < 1.29 is 19.6 Å². The summed E-state index contributed by atoms with van der Waals surface area (Å²) < 4.78 is 0. The number of ketones is 1. The maximum absolute atomic E-state index is 13.0. The number of nitro benzene ring substituents is 1. The molecule has 1 unspecified atom stereocenters. The van der Waals surface area contributed by atoms with Crippen LogP contribution in [0.4, 0.5) is 11.4 Å². The van der Waals surface area contributed by atoms with E-state index in [4.69, 9.17) is 0 Å². The quantitative estimate of drug-likeness (QED) is 0.232. The van der Waals surface area contributed by atoms with Gasteiger partial charge in [0.05, 0.1) is 22.2 Å². The fourth-order valence-electron chi connectivity index (χ4n) is 3.56. The molecule has 1 amide bonds. The van der Waals surface area contributed by atoms with Gasteiger partial charge in [-0.15, -0.1) is 0 Å². The van der Waals surface area contributed by atoms with Crippen LogP contribution in [0.25, 0.3) is 5.76 Å². The smallest absolute Gasteiger partial charge is 0.300 e. The third kappa shape index (κ3) is 3.22.